The molecule has 1 aliphatic heterocycles. The number of ether oxygens (including phenoxy) is 2. The molecule has 1 atom stereocenters. The van der Waals surface area contributed by atoms with Crippen molar-refractivity contribution >= 4 is 0 Å². The van der Waals surface area contributed by atoms with Crippen LogP contribution < -0.4 is 9.47 Å². The summed E-state index contributed by atoms with van der Waals surface area (Å²) in [6.45, 7) is 10.7. The van der Waals surface area contributed by atoms with Crippen molar-refractivity contribution in [1.29, 1.82) is 0 Å². The van der Waals surface area contributed by atoms with Crippen molar-refractivity contribution in [3.05, 3.63) is 77.4 Å². The Labute approximate surface area is 209 Å². The highest BCUT2D eigenvalue weighted by Gasteiger charge is 2.31. The van der Waals surface area contributed by atoms with Gasteiger partial charge in [-0.1, -0.05) is 36.8 Å². The maximum atomic E-state index is 11.2. The molecule has 0 spiro atoms. The fourth-order valence-corrected chi connectivity index (χ4v) is 4.82. The minimum atomic E-state index is -0.790. The first-order valence-corrected chi connectivity index (χ1v) is 12.8. The van der Waals surface area contributed by atoms with Crippen molar-refractivity contribution in [1.82, 2.24) is 14.5 Å². The summed E-state index contributed by atoms with van der Waals surface area (Å²) >= 11 is 0. The van der Waals surface area contributed by atoms with E-state index in [-0.39, 0.29) is 0 Å². The number of aliphatic hydroxyl groups is 1. The van der Waals surface area contributed by atoms with Gasteiger partial charge in [-0.25, -0.2) is 4.98 Å². The molecule has 4 rings (SSSR count). The van der Waals surface area contributed by atoms with Crippen LogP contribution in [0.15, 0.2) is 54.9 Å². The lowest BCUT2D eigenvalue weighted by molar-refractivity contribution is -0.0170. The summed E-state index contributed by atoms with van der Waals surface area (Å²) in [5.41, 5.74) is 2.77. The summed E-state index contributed by atoms with van der Waals surface area (Å²) in [6.07, 6.45) is 7.19. The number of aryl methyl sites for hydroxylation is 3. The molecule has 6 heteroatoms. The number of nitrogens with zero attached hydrogens (tertiary/aromatic N) is 3. The summed E-state index contributed by atoms with van der Waals surface area (Å²) in [5.74, 6) is 2.85. The summed E-state index contributed by atoms with van der Waals surface area (Å²) in [6, 6.07) is 14.5. The molecule has 0 aliphatic carbocycles. The van der Waals surface area contributed by atoms with Gasteiger partial charge >= 0.3 is 0 Å². The highest BCUT2D eigenvalue weighted by atomic mass is 16.5. The first kappa shape index (κ1) is 25.3. The lowest BCUT2D eigenvalue weighted by atomic mass is 9.96. The number of hydrogen-bond donors (Lipinski definition) is 1. The Morgan fingerprint density at radius 3 is 2.77 bits per heavy atom. The topological polar surface area (TPSA) is 59.8 Å². The van der Waals surface area contributed by atoms with Crippen LogP contribution in [0.2, 0.25) is 0 Å². The number of rotatable bonds is 10. The van der Waals surface area contributed by atoms with Crippen LogP contribution in [-0.4, -0.2) is 51.5 Å². The molecule has 188 valence electrons. The maximum absolute atomic E-state index is 11.2. The van der Waals surface area contributed by atoms with Gasteiger partial charge in [-0.3, -0.25) is 4.90 Å². The molecule has 6 nitrogen and oxygen atoms in total. The van der Waals surface area contributed by atoms with Crippen LogP contribution in [0.5, 0.6) is 11.5 Å². The molecular formula is C29H39N3O3. The van der Waals surface area contributed by atoms with E-state index < -0.39 is 5.60 Å². The molecule has 1 aromatic heterocycles. The van der Waals surface area contributed by atoms with Crippen LogP contribution >= 0.6 is 0 Å². The van der Waals surface area contributed by atoms with E-state index in [0.717, 1.165) is 68.3 Å². The number of hydrogen-bond acceptors (Lipinski definition) is 5. The van der Waals surface area contributed by atoms with Crippen molar-refractivity contribution in [2.45, 2.75) is 65.1 Å². The molecule has 1 fully saturated rings. The van der Waals surface area contributed by atoms with Crippen LogP contribution in [0.25, 0.3) is 0 Å². The van der Waals surface area contributed by atoms with Crippen molar-refractivity contribution in [3.63, 3.8) is 0 Å². The fourth-order valence-electron chi connectivity index (χ4n) is 4.82. The number of aromatic nitrogens is 2. The molecule has 0 radical (unpaired) electrons. The van der Waals surface area contributed by atoms with E-state index in [0.29, 0.717) is 19.6 Å². The van der Waals surface area contributed by atoms with Gasteiger partial charge in [0, 0.05) is 31.9 Å². The fraction of sp³-hybridized carbons (Fsp3) is 0.483. The van der Waals surface area contributed by atoms with Crippen molar-refractivity contribution in [3.8, 4) is 11.5 Å². The van der Waals surface area contributed by atoms with Gasteiger partial charge in [-0.2, -0.15) is 0 Å². The molecule has 2 heterocycles. The predicted octanol–water partition coefficient (Wildman–Crippen LogP) is 4.94. The average Bonchev–Trinajstić information content (AvgIpc) is 3.21. The molecule has 0 bridgehead atoms. The largest absolute Gasteiger partial charge is 0.492 e. The van der Waals surface area contributed by atoms with E-state index >= 15 is 0 Å². The summed E-state index contributed by atoms with van der Waals surface area (Å²) < 4.78 is 14.2. The number of imidazole rings is 1. The normalized spacial score (nSPS) is 18.9. The van der Waals surface area contributed by atoms with Gasteiger partial charge in [0.15, 0.2) is 0 Å². The van der Waals surface area contributed by atoms with Gasteiger partial charge < -0.3 is 19.1 Å². The molecule has 2 aromatic carbocycles. The Morgan fingerprint density at radius 2 is 1.94 bits per heavy atom. The van der Waals surface area contributed by atoms with Crippen LogP contribution in [-0.2, 0) is 19.5 Å². The van der Waals surface area contributed by atoms with Gasteiger partial charge in [0.05, 0.1) is 12.1 Å². The van der Waals surface area contributed by atoms with Crippen LogP contribution in [0, 0.1) is 13.8 Å². The zero-order valence-corrected chi connectivity index (χ0v) is 21.4. The van der Waals surface area contributed by atoms with Gasteiger partial charge in [-0.15, -0.1) is 0 Å². The highest BCUT2D eigenvalue weighted by Crippen LogP contribution is 2.27. The van der Waals surface area contributed by atoms with E-state index in [1.54, 1.807) is 0 Å². The van der Waals surface area contributed by atoms with E-state index in [4.69, 9.17) is 9.47 Å². The molecule has 1 N–H and O–H groups in total. The van der Waals surface area contributed by atoms with Gasteiger partial charge in [0.1, 0.15) is 30.5 Å². The highest BCUT2D eigenvalue weighted by molar-refractivity contribution is 5.35. The van der Waals surface area contributed by atoms with Crippen molar-refractivity contribution in [2.24, 2.45) is 0 Å². The lowest BCUT2D eigenvalue weighted by Gasteiger charge is -2.27. The van der Waals surface area contributed by atoms with Crippen molar-refractivity contribution < 1.29 is 14.6 Å². The SMILES string of the molecule is CCc1nccn1CCOc1cccc(CN2CCC[C@@](O)(COc3ccc(C)cc3C)CC2)c1. The molecular weight excluding hydrogens is 438 g/mol. The van der Waals surface area contributed by atoms with Crippen LogP contribution in [0.1, 0.15) is 48.7 Å². The summed E-state index contributed by atoms with van der Waals surface area (Å²) in [4.78, 5) is 6.79. The minimum absolute atomic E-state index is 0.338. The first-order valence-electron chi connectivity index (χ1n) is 12.8. The molecule has 1 aliphatic rings. The van der Waals surface area contributed by atoms with E-state index in [1.165, 1.54) is 11.1 Å². The Morgan fingerprint density at radius 1 is 1.06 bits per heavy atom. The molecule has 1 saturated heterocycles. The predicted molar refractivity (Wildman–Crippen MR) is 139 cm³/mol. The quantitative estimate of drug-likeness (QED) is 0.448. The molecule has 35 heavy (non-hydrogen) atoms. The minimum Gasteiger partial charge on any atom is -0.492 e. The second-order valence-electron chi connectivity index (χ2n) is 9.80. The third-order valence-corrected chi connectivity index (χ3v) is 6.86. The second-order valence-corrected chi connectivity index (χ2v) is 9.80. The Balaban J connectivity index is 1.26. The third-order valence-electron chi connectivity index (χ3n) is 6.86. The Bertz CT molecular complexity index is 1100. The summed E-state index contributed by atoms with van der Waals surface area (Å²) in [5, 5.41) is 11.2. The molecule has 0 saturated carbocycles. The van der Waals surface area contributed by atoms with Crippen LogP contribution in [0.4, 0.5) is 0 Å². The number of likely N-dealkylation sites (tertiary alicyclic amines) is 1. The first-order chi connectivity index (χ1) is 16.9. The smallest absolute Gasteiger partial charge is 0.122 e. The molecule has 0 unspecified atom stereocenters. The van der Waals surface area contributed by atoms with E-state index in [9.17, 15) is 5.11 Å². The van der Waals surface area contributed by atoms with Gasteiger partial charge in [-0.05, 0) is 69.0 Å². The van der Waals surface area contributed by atoms with Crippen molar-refractivity contribution in [2.75, 3.05) is 26.3 Å². The lowest BCUT2D eigenvalue weighted by Crippen LogP contribution is -2.37. The van der Waals surface area contributed by atoms with E-state index in [1.807, 2.05) is 24.5 Å². The molecule has 0 amide bonds. The zero-order valence-electron chi connectivity index (χ0n) is 21.4. The Hall–Kier alpha value is -2.83. The van der Waals surface area contributed by atoms with Gasteiger partial charge in [0.25, 0.3) is 0 Å². The maximum Gasteiger partial charge on any atom is 0.122 e. The van der Waals surface area contributed by atoms with E-state index in [2.05, 4.69) is 65.6 Å². The number of benzene rings is 2. The summed E-state index contributed by atoms with van der Waals surface area (Å²) in [7, 11) is 0. The Kier molecular flexibility index (Phi) is 8.47. The monoisotopic (exact) mass is 477 g/mol. The van der Waals surface area contributed by atoms with Crippen LogP contribution in [0.3, 0.4) is 0 Å². The zero-order chi connectivity index (χ0) is 24.7. The van der Waals surface area contributed by atoms with Gasteiger partial charge in [0.2, 0.25) is 0 Å². The molecule has 3 aromatic rings. The third kappa shape index (κ3) is 7.09. The second kappa shape index (κ2) is 11.7. The standard InChI is InChI=1S/C29H39N3O3/c1-4-28-30-13-16-32(28)17-18-34-26-8-5-7-25(20-26)21-31-14-6-11-29(33,12-15-31)22-35-27-10-9-23(2)19-24(27)3/h5,7-10,13,16,19-20,33H,4,6,11-12,14-15,17-18,21-22H2,1-3H3/t29-/m0/s1. The average molecular weight is 478 g/mol.